The molecule has 0 bridgehead atoms. The summed E-state index contributed by atoms with van der Waals surface area (Å²) in [6.07, 6.45) is 1.64. The van der Waals surface area contributed by atoms with Gasteiger partial charge in [0.05, 0.1) is 18.8 Å². The van der Waals surface area contributed by atoms with E-state index >= 15 is 0 Å². The summed E-state index contributed by atoms with van der Waals surface area (Å²) in [7, 11) is 2.00. The number of morpholine rings is 1. The van der Waals surface area contributed by atoms with E-state index in [1.807, 2.05) is 37.4 Å². The Kier molecular flexibility index (Phi) is 6.57. The van der Waals surface area contributed by atoms with Crippen LogP contribution in [0.1, 0.15) is 15.9 Å². The number of nitrogens with zero attached hydrogens (tertiary/aromatic N) is 3. The normalized spacial score (nSPS) is 14.8. The van der Waals surface area contributed by atoms with Gasteiger partial charge in [0.25, 0.3) is 5.91 Å². The molecule has 1 aliphatic heterocycles. The molecule has 138 valence electrons. The van der Waals surface area contributed by atoms with Gasteiger partial charge >= 0.3 is 0 Å². The van der Waals surface area contributed by atoms with Crippen molar-refractivity contribution in [3.8, 4) is 0 Å². The van der Waals surface area contributed by atoms with Gasteiger partial charge in [-0.2, -0.15) is 0 Å². The summed E-state index contributed by atoms with van der Waals surface area (Å²) >= 11 is 0. The first-order valence-electron chi connectivity index (χ1n) is 9.02. The van der Waals surface area contributed by atoms with Crippen molar-refractivity contribution < 1.29 is 9.53 Å². The van der Waals surface area contributed by atoms with Gasteiger partial charge < -0.3 is 15.0 Å². The molecule has 0 spiro atoms. The van der Waals surface area contributed by atoms with E-state index in [1.165, 1.54) is 5.56 Å². The maximum Gasteiger partial charge on any atom is 0.252 e. The maximum absolute atomic E-state index is 12.3. The molecule has 1 aliphatic rings. The highest BCUT2D eigenvalue weighted by Crippen LogP contribution is 2.13. The van der Waals surface area contributed by atoms with Crippen LogP contribution in [0.5, 0.6) is 0 Å². The van der Waals surface area contributed by atoms with Crippen molar-refractivity contribution in [2.45, 2.75) is 6.54 Å². The Bertz CT molecular complexity index is 685. The maximum atomic E-state index is 12.3. The van der Waals surface area contributed by atoms with Crippen LogP contribution in [0.3, 0.4) is 0 Å². The average molecular weight is 354 g/mol. The minimum atomic E-state index is -0.0805. The number of benzene rings is 1. The van der Waals surface area contributed by atoms with E-state index in [4.69, 9.17) is 4.74 Å². The molecule has 3 rings (SSSR count). The zero-order valence-electron chi connectivity index (χ0n) is 15.2. The molecule has 2 aromatic rings. The highest BCUT2D eigenvalue weighted by molar-refractivity contribution is 5.94. The van der Waals surface area contributed by atoms with E-state index in [9.17, 15) is 4.79 Å². The molecule has 1 fully saturated rings. The van der Waals surface area contributed by atoms with Gasteiger partial charge in [-0.3, -0.25) is 9.69 Å². The smallest absolute Gasteiger partial charge is 0.252 e. The Hall–Kier alpha value is -2.44. The molecule has 0 radical (unpaired) electrons. The Morgan fingerprint density at radius 2 is 1.96 bits per heavy atom. The van der Waals surface area contributed by atoms with Gasteiger partial charge in [-0.15, -0.1) is 0 Å². The molecule has 1 saturated heterocycles. The zero-order valence-corrected chi connectivity index (χ0v) is 15.2. The second-order valence-electron chi connectivity index (χ2n) is 6.46. The van der Waals surface area contributed by atoms with Crippen molar-refractivity contribution >= 4 is 11.7 Å². The minimum Gasteiger partial charge on any atom is -0.379 e. The largest absolute Gasteiger partial charge is 0.379 e. The Balaban J connectivity index is 1.47. The molecule has 1 aromatic heterocycles. The molecule has 6 heteroatoms. The number of aromatic nitrogens is 1. The topological polar surface area (TPSA) is 57.7 Å². The number of anilines is 1. The standard InChI is InChI=1S/C20H26N4O2/c1-23(16-17-5-3-2-4-6-17)19-8-7-18(15-22-19)20(25)21-9-10-24-11-13-26-14-12-24/h2-8,15H,9-14,16H2,1H3,(H,21,25). The second-order valence-corrected chi connectivity index (χ2v) is 6.46. The Morgan fingerprint density at radius 1 is 1.19 bits per heavy atom. The lowest BCUT2D eigenvalue weighted by Gasteiger charge is -2.26. The third kappa shape index (κ3) is 5.28. The van der Waals surface area contributed by atoms with Crippen molar-refractivity contribution in [3.63, 3.8) is 0 Å². The van der Waals surface area contributed by atoms with Crippen molar-refractivity contribution in [3.05, 3.63) is 59.8 Å². The van der Waals surface area contributed by atoms with E-state index in [0.29, 0.717) is 12.1 Å². The lowest BCUT2D eigenvalue weighted by Crippen LogP contribution is -2.41. The van der Waals surface area contributed by atoms with Gasteiger partial charge in [0.2, 0.25) is 0 Å². The van der Waals surface area contributed by atoms with Crippen LogP contribution < -0.4 is 10.2 Å². The number of hydrogen-bond acceptors (Lipinski definition) is 5. The van der Waals surface area contributed by atoms with Crippen molar-refractivity contribution in [2.24, 2.45) is 0 Å². The lowest BCUT2D eigenvalue weighted by atomic mass is 10.2. The van der Waals surface area contributed by atoms with E-state index in [0.717, 1.165) is 45.2 Å². The van der Waals surface area contributed by atoms with E-state index in [-0.39, 0.29) is 5.91 Å². The van der Waals surface area contributed by atoms with Crippen LogP contribution >= 0.6 is 0 Å². The first-order valence-corrected chi connectivity index (χ1v) is 9.02. The fraction of sp³-hybridized carbons (Fsp3) is 0.400. The van der Waals surface area contributed by atoms with Gasteiger partial charge in [-0.25, -0.2) is 4.98 Å². The van der Waals surface area contributed by atoms with Crippen molar-refractivity contribution in [1.29, 1.82) is 0 Å². The highest BCUT2D eigenvalue weighted by Gasteiger charge is 2.11. The molecule has 0 atom stereocenters. The summed E-state index contributed by atoms with van der Waals surface area (Å²) in [5, 5.41) is 2.96. The number of rotatable bonds is 7. The summed E-state index contributed by atoms with van der Waals surface area (Å²) < 4.78 is 5.32. The number of carbonyl (C=O) groups is 1. The molecule has 6 nitrogen and oxygen atoms in total. The molecule has 1 amide bonds. The first-order chi connectivity index (χ1) is 12.7. The van der Waals surface area contributed by atoms with Gasteiger partial charge in [0, 0.05) is 46.0 Å². The van der Waals surface area contributed by atoms with Gasteiger partial charge in [0.15, 0.2) is 0 Å². The molecular formula is C20H26N4O2. The van der Waals surface area contributed by atoms with Gasteiger partial charge in [-0.05, 0) is 17.7 Å². The van der Waals surface area contributed by atoms with E-state index < -0.39 is 0 Å². The number of pyridine rings is 1. The third-order valence-electron chi connectivity index (χ3n) is 4.48. The van der Waals surface area contributed by atoms with Crippen LogP contribution in [0.4, 0.5) is 5.82 Å². The van der Waals surface area contributed by atoms with Crippen LogP contribution in [0.15, 0.2) is 48.7 Å². The van der Waals surface area contributed by atoms with Gasteiger partial charge in [0.1, 0.15) is 5.82 Å². The van der Waals surface area contributed by atoms with E-state index in [1.54, 1.807) is 6.20 Å². The molecule has 2 heterocycles. The summed E-state index contributed by atoms with van der Waals surface area (Å²) in [6.45, 7) is 5.67. The average Bonchev–Trinajstić information content (AvgIpc) is 2.69. The monoisotopic (exact) mass is 354 g/mol. The minimum absolute atomic E-state index is 0.0805. The fourth-order valence-electron chi connectivity index (χ4n) is 2.94. The van der Waals surface area contributed by atoms with Crippen molar-refractivity contribution in [2.75, 3.05) is 51.3 Å². The second kappa shape index (κ2) is 9.31. The van der Waals surface area contributed by atoms with Crippen LogP contribution in [0, 0.1) is 0 Å². The molecular weight excluding hydrogens is 328 g/mol. The first kappa shape index (κ1) is 18.4. The molecule has 0 aliphatic carbocycles. The fourth-order valence-corrected chi connectivity index (χ4v) is 2.94. The third-order valence-corrected chi connectivity index (χ3v) is 4.48. The van der Waals surface area contributed by atoms with Crippen LogP contribution in [-0.2, 0) is 11.3 Å². The summed E-state index contributed by atoms with van der Waals surface area (Å²) in [6, 6.07) is 14.0. The number of nitrogens with one attached hydrogen (secondary N) is 1. The van der Waals surface area contributed by atoms with Crippen LogP contribution in [0.2, 0.25) is 0 Å². The summed E-state index contributed by atoms with van der Waals surface area (Å²) in [5.74, 6) is 0.766. The van der Waals surface area contributed by atoms with Crippen molar-refractivity contribution in [1.82, 2.24) is 15.2 Å². The summed E-state index contributed by atoms with van der Waals surface area (Å²) in [4.78, 5) is 21.0. The number of amides is 1. The predicted molar refractivity (Wildman–Crippen MR) is 102 cm³/mol. The Labute approximate surface area is 154 Å². The molecule has 0 unspecified atom stereocenters. The molecule has 1 N–H and O–H groups in total. The zero-order chi connectivity index (χ0) is 18.2. The number of carbonyl (C=O) groups excluding carboxylic acids is 1. The summed E-state index contributed by atoms with van der Waals surface area (Å²) in [5.41, 5.74) is 1.81. The number of ether oxygens (including phenoxy) is 1. The van der Waals surface area contributed by atoms with Crippen LogP contribution in [-0.4, -0.2) is 62.2 Å². The molecule has 0 saturated carbocycles. The lowest BCUT2D eigenvalue weighted by molar-refractivity contribution is 0.0383. The molecule has 26 heavy (non-hydrogen) atoms. The van der Waals surface area contributed by atoms with Gasteiger partial charge in [-0.1, -0.05) is 30.3 Å². The Morgan fingerprint density at radius 3 is 2.65 bits per heavy atom. The van der Waals surface area contributed by atoms with Crippen LogP contribution in [0.25, 0.3) is 0 Å². The highest BCUT2D eigenvalue weighted by atomic mass is 16.5. The molecule has 1 aromatic carbocycles. The predicted octanol–water partition coefficient (Wildman–Crippen LogP) is 1.78. The quantitative estimate of drug-likeness (QED) is 0.821. The van der Waals surface area contributed by atoms with E-state index in [2.05, 4.69) is 32.2 Å². The number of hydrogen-bond donors (Lipinski definition) is 1. The SMILES string of the molecule is CN(Cc1ccccc1)c1ccc(C(=O)NCCN2CCOCC2)cn1.